The number of carbonyl (C=O) groups is 1. The fourth-order valence-corrected chi connectivity index (χ4v) is 1.89. The van der Waals surface area contributed by atoms with Gasteiger partial charge in [0.05, 0.1) is 11.4 Å². The topological polar surface area (TPSA) is 42.0 Å². The monoisotopic (exact) mass is 258 g/mol. The highest BCUT2D eigenvalue weighted by atomic mass is 19.1. The summed E-state index contributed by atoms with van der Waals surface area (Å²) in [6.45, 7) is 5.43. The second kappa shape index (κ2) is 5.18. The van der Waals surface area contributed by atoms with Gasteiger partial charge in [0, 0.05) is 11.3 Å². The second-order valence-electron chi connectivity index (χ2n) is 4.50. The molecular formula is C15H15FN2O. The summed E-state index contributed by atoms with van der Waals surface area (Å²) in [5.41, 5.74) is 3.39. The summed E-state index contributed by atoms with van der Waals surface area (Å²) < 4.78 is 13.0. The fraction of sp³-hybridized carbons (Fsp3) is 0.200. The number of carbonyl (C=O) groups excluding carboxylic acids is 1. The van der Waals surface area contributed by atoms with Gasteiger partial charge in [0.2, 0.25) is 0 Å². The lowest BCUT2D eigenvalue weighted by molar-refractivity contribution is 0.102. The Morgan fingerprint density at radius 3 is 2.53 bits per heavy atom. The number of benzene rings is 1. The molecule has 0 spiro atoms. The highest BCUT2D eigenvalue weighted by molar-refractivity contribution is 6.05. The molecule has 4 heteroatoms. The van der Waals surface area contributed by atoms with Crippen molar-refractivity contribution in [3.63, 3.8) is 0 Å². The van der Waals surface area contributed by atoms with Crippen LogP contribution in [0, 0.1) is 26.6 Å². The summed E-state index contributed by atoms with van der Waals surface area (Å²) in [5, 5.41) is 2.79. The Bertz CT molecular complexity index is 638. The molecule has 0 fully saturated rings. The smallest absolute Gasteiger partial charge is 0.255 e. The first-order chi connectivity index (χ1) is 8.97. The first-order valence-corrected chi connectivity index (χ1v) is 5.99. The van der Waals surface area contributed by atoms with E-state index in [1.54, 1.807) is 6.92 Å². The van der Waals surface area contributed by atoms with E-state index in [4.69, 9.17) is 0 Å². The Hall–Kier alpha value is -2.23. The van der Waals surface area contributed by atoms with Crippen molar-refractivity contribution >= 4 is 11.6 Å². The van der Waals surface area contributed by atoms with Gasteiger partial charge >= 0.3 is 0 Å². The van der Waals surface area contributed by atoms with Gasteiger partial charge in [0.1, 0.15) is 5.82 Å². The number of halogens is 1. The molecule has 1 amide bonds. The van der Waals surface area contributed by atoms with Crippen LogP contribution in [0.15, 0.2) is 30.3 Å². The van der Waals surface area contributed by atoms with Crippen LogP contribution in [-0.4, -0.2) is 10.9 Å². The molecule has 1 aromatic heterocycles. The molecule has 0 saturated carbocycles. The summed E-state index contributed by atoms with van der Waals surface area (Å²) in [5.74, 6) is -0.603. The van der Waals surface area contributed by atoms with Crippen molar-refractivity contribution in [2.45, 2.75) is 20.8 Å². The summed E-state index contributed by atoms with van der Waals surface area (Å²) in [7, 11) is 0. The molecule has 1 heterocycles. The van der Waals surface area contributed by atoms with Crippen molar-refractivity contribution < 1.29 is 9.18 Å². The quantitative estimate of drug-likeness (QED) is 0.897. The zero-order valence-corrected chi connectivity index (χ0v) is 11.1. The number of hydrogen-bond acceptors (Lipinski definition) is 2. The number of aryl methyl sites for hydroxylation is 3. The largest absolute Gasteiger partial charge is 0.320 e. The minimum absolute atomic E-state index is 0.258. The van der Waals surface area contributed by atoms with Gasteiger partial charge in [0.25, 0.3) is 5.91 Å². The van der Waals surface area contributed by atoms with Gasteiger partial charge in [-0.1, -0.05) is 0 Å². The number of amides is 1. The van der Waals surface area contributed by atoms with E-state index >= 15 is 0 Å². The second-order valence-corrected chi connectivity index (χ2v) is 4.50. The fourth-order valence-electron chi connectivity index (χ4n) is 1.89. The number of pyridine rings is 1. The molecule has 3 nitrogen and oxygen atoms in total. The molecule has 0 radical (unpaired) electrons. The number of aromatic nitrogens is 1. The Morgan fingerprint density at radius 2 is 1.89 bits per heavy atom. The first kappa shape index (κ1) is 13.2. The number of hydrogen-bond donors (Lipinski definition) is 1. The van der Waals surface area contributed by atoms with Crippen LogP contribution >= 0.6 is 0 Å². The van der Waals surface area contributed by atoms with Crippen LogP contribution < -0.4 is 5.32 Å². The summed E-state index contributed by atoms with van der Waals surface area (Å²) in [6.07, 6.45) is 0. The lowest BCUT2D eigenvalue weighted by atomic mass is 10.1. The molecule has 1 N–H and O–H groups in total. The summed E-state index contributed by atoms with van der Waals surface area (Å²) in [6, 6.07) is 7.75. The maximum Gasteiger partial charge on any atom is 0.255 e. The van der Waals surface area contributed by atoms with E-state index in [1.165, 1.54) is 18.2 Å². The molecule has 0 bridgehead atoms. The number of nitrogens with one attached hydrogen (secondary N) is 1. The molecule has 19 heavy (non-hydrogen) atoms. The SMILES string of the molecule is Cc1ccc(NC(=O)c2ccc(F)cc2C)c(C)n1. The molecule has 1 aromatic carbocycles. The van der Waals surface area contributed by atoms with Crippen molar-refractivity contribution in [2.24, 2.45) is 0 Å². The Balaban J connectivity index is 2.25. The molecule has 0 aliphatic rings. The standard InChI is InChI=1S/C15H15FN2O/c1-9-8-12(16)5-6-13(9)15(19)18-14-7-4-10(2)17-11(14)3/h4-8H,1-3H3,(H,18,19). The summed E-state index contributed by atoms with van der Waals surface area (Å²) >= 11 is 0. The lowest BCUT2D eigenvalue weighted by Crippen LogP contribution is -2.14. The first-order valence-electron chi connectivity index (χ1n) is 5.99. The van der Waals surface area contributed by atoms with Gasteiger partial charge in [-0.2, -0.15) is 0 Å². The van der Waals surface area contributed by atoms with Crippen LogP contribution in [0.4, 0.5) is 10.1 Å². The van der Waals surface area contributed by atoms with E-state index in [0.29, 0.717) is 16.8 Å². The highest BCUT2D eigenvalue weighted by Crippen LogP contribution is 2.16. The minimum atomic E-state index is -0.345. The normalized spacial score (nSPS) is 10.3. The van der Waals surface area contributed by atoms with Crippen molar-refractivity contribution in [1.29, 1.82) is 0 Å². The zero-order valence-electron chi connectivity index (χ0n) is 11.1. The molecule has 0 aliphatic carbocycles. The molecule has 0 saturated heterocycles. The van der Waals surface area contributed by atoms with E-state index < -0.39 is 0 Å². The minimum Gasteiger partial charge on any atom is -0.320 e. The third-order valence-corrected chi connectivity index (χ3v) is 2.91. The average Bonchev–Trinajstić information content (AvgIpc) is 2.32. The van der Waals surface area contributed by atoms with Crippen LogP contribution in [0.2, 0.25) is 0 Å². The van der Waals surface area contributed by atoms with Gasteiger partial charge < -0.3 is 5.32 Å². The maximum atomic E-state index is 13.0. The van der Waals surface area contributed by atoms with Crippen LogP contribution in [0.3, 0.4) is 0 Å². The van der Waals surface area contributed by atoms with Gasteiger partial charge in [-0.15, -0.1) is 0 Å². The predicted octanol–water partition coefficient (Wildman–Crippen LogP) is 3.40. The molecule has 2 aromatic rings. The lowest BCUT2D eigenvalue weighted by Gasteiger charge is -2.10. The molecular weight excluding hydrogens is 243 g/mol. The zero-order chi connectivity index (χ0) is 14.0. The van der Waals surface area contributed by atoms with Crippen LogP contribution in [-0.2, 0) is 0 Å². The van der Waals surface area contributed by atoms with E-state index in [2.05, 4.69) is 10.3 Å². The number of nitrogens with zero attached hydrogens (tertiary/aromatic N) is 1. The molecule has 0 atom stereocenters. The van der Waals surface area contributed by atoms with Crippen LogP contribution in [0.1, 0.15) is 27.3 Å². The predicted molar refractivity (Wildman–Crippen MR) is 72.8 cm³/mol. The van der Waals surface area contributed by atoms with E-state index in [9.17, 15) is 9.18 Å². The third kappa shape index (κ3) is 2.96. The number of rotatable bonds is 2. The average molecular weight is 258 g/mol. The molecule has 2 rings (SSSR count). The van der Waals surface area contributed by atoms with Crippen molar-refractivity contribution in [2.75, 3.05) is 5.32 Å². The third-order valence-electron chi connectivity index (χ3n) is 2.91. The molecule has 0 unspecified atom stereocenters. The van der Waals surface area contributed by atoms with Gasteiger partial charge in [-0.3, -0.25) is 9.78 Å². The summed E-state index contributed by atoms with van der Waals surface area (Å²) in [4.78, 5) is 16.4. The van der Waals surface area contributed by atoms with Crippen molar-refractivity contribution in [3.8, 4) is 0 Å². The maximum absolute atomic E-state index is 13.0. The Labute approximate surface area is 111 Å². The Kier molecular flexibility index (Phi) is 3.60. The number of anilines is 1. The molecule has 0 aliphatic heterocycles. The van der Waals surface area contributed by atoms with Crippen LogP contribution in [0.25, 0.3) is 0 Å². The van der Waals surface area contributed by atoms with E-state index in [1.807, 2.05) is 26.0 Å². The Morgan fingerprint density at radius 1 is 1.16 bits per heavy atom. The highest BCUT2D eigenvalue weighted by Gasteiger charge is 2.11. The van der Waals surface area contributed by atoms with Crippen LogP contribution in [0.5, 0.6) is 0 Å². The van der Waals surface area contributed by atoms with E-state index in [-0.39, 0.29) is 11.7 Å². The van der Waals surface area contributed by atoms with Gasteiger partial charge in [-0.25, -0.2) is 4.39 Å². The van der Waals surface area contributed by atoms with E-state index in [0.717, 1.165) is 11.4 Å². The molecule has 98 valence electrons. The van der Waals surface area contributed by atoms with Gasteiger partial charge in [0.15, 0.2) is 0 Å². The van der Waals surface area contributed by atoms with Gasteiger partial charge in [-0.05, 0) is 56.7 Å². The van der Waals surface area contributed by atoms with Crippen molar-refractivity contribution in [1.82, 2.24) is 4.98 Å². The van der Waals surface area contributed by atoms with Crippen molar-refractivity contribution in [3.05, 3.63) is 58.7 Å².